The van der Waals surface area contributed by atoms with Crippen LogP contribution in [0.4, 0.5) is 5.69 Å². The average Bonchev–Trinajstić information content (AvgIpc) is 3.40. The van der Waals surface area contributed by atoms with Crippen molar-refractivity contribution in [2.45, 2.75) is 32.8 Å². The quantitative estimate of drug-likeness (QED) is 0.466. The fraction of sp³-hybridized carbons (Fsp3) is 0.333. The summed E-state index contributed by atoms with van der Waals surface area (Å²) in [4.78, 5) is 51.3. The van der Waals surface area contributed by atoms with Crippen LogP contribution in [0.3, 0.4) is 0 Å². The SMILES string of the molecule is Cc1c(Br)ccc(NC(=O)COC(=O)c2ccc3c(c2)C(=O)N(C[C@@H]2CCCO2)C3=O)c1C. The molecule has 0 aliphatic carbocycles. The van der Waals surface area contributed by atoms with Gasteiger partial charge in [0.25, 0.3) is 17.7 Å². The van der Waals surface area contributed by atoms with Crippen LogP contribution >= 0.6 is 15.9 Å². The normalized spacial score (nSPS) is 17.3. The number of amides is 3. The number of carbonyl (C=O) groups is 4. The molecule has 0 aromatic heterocycles. The summed E-state index contributed by atoms with van der Waals surface area (Å²) in [6.45, 7) is 4.14. The van der Waals surface area contributed by atoms with E-state index in [9.17, 15) is 19.2 Å². The van der Waals surface area contributed by atoms with Gasteiger partial charge in [0.15, 0.2) is 6.61 Å². The van der Waals surface area contributed by atoms with E-state index >= 15 is 0 Å². The third-order valence-electron chi connectivity index (χ3n) is 5.95. The van der Waals surface area contributed by atoms with Crippen LogP contribution in [0.1, 0.15) is 55.0 Å². The molecule has 2 aliphatic heterocycles. The molecule has 33 heavy (non-hydrogen) atoms. The molecule has 1 saturated heterocycles. The summed E-state index contributed by atoms with van der Waals surface area (Å²) in [5.74, 6) is -2.10. The highest BCUT2D eigenvalue weighted by Gasteiger charge is 2.38. The number of imide groups is 1. The van der Waals surface area contributed by atoms with Gasteiger partial charge in [-0.1, -0.05) is 15.9 Å². The van der Waals surface area contributed by atoms with Crippen molar-refractivity contribution < 1.29 is 28.7 Å². The highest BCUT2D eigenvalue weighted by atomic mass is 79.9. The first-order chi connectivity index (χ1) is 15.8. The Labute approximate surface area is 199 Å². The summed E-state index contributed by atoms with van der Waals surface area (Å²) in [7, 11) is 0. The number of fused-ring (bicyclic) bond motifs is 1. The van der Waals surface area contributed by atoms with Crippen LogP contribution in [0.15, 0.2) is 34.8 Å². The number of esters is 1. The molecule has 2 aromatic carbocycles. The van der Waals surface area contributed by atoms with Gasteiger partial charge in [-0.25, -0.2) is 4.79 Å². The molecule has 1 fully saturated rings. The summed E-state index contributed by atoms with van der Waals surface area (Å²) in [5, 5.41) is 2.73. The predicted molar refractivity (Wildman–Crippen MR) is 123 cm³/mol. The molecule has 2 aliphatic rings. The standard InChI is InChI=1S/C24H23BrN2O6/c1-13-14(2)20(8-7-19(13)25)26-21(28)12-33-24(31)15-5-6-17-18(10-15)23(30)27(22(17)29)11-16-4-3-9-32-16/h5-8,10,16H,3-4,9,11-12H2,1-2H3,(H,26,28)/t16-/m0/s1. The number of anilines is 1. The van der Waals surface area contributed by atoms with Gasteiger partial charge in [0.05, 0.1) is 29.3 Å². The van der Waals surface area contributed by atoms with E-state index in [1.165, 1.54) is 18.2 Å². The average molecular weight is 515 g/mol. The summed E-state index contributed by atoms with van der Waals surface area (Å²) in [6, 6.07) is 7.79. The van der Waals surface area contributed by atoms with E-state index < -0.39 is 30.3 Å². The number of carbonyl (C=O) groups excluding carboxylic acids is 4. The largest absolute Gasteiger partial charge is 0.452 e. The minimum atomic E-state index is -0.755. The number of hydrogen-bond acceptors (Lipinski definition) is 6. The lowest BCUT2D eigenvalue weighted by Gasteiger charge is -2.17. The molecule has 4 rings (SSSR count). The summed E-state index contributed by atoms with van der Waals surface area (Å²) in [6.07, 6.45) is 1.54. The lowest BCUT2D eigenvalue weighted by Crippen LogP contribution is -2.36. The van der Waals surface area contributed by atoms with E-state index in [4.69, 9.17) is 9.47 Å². The highest BCUT2D eigenvalue weighted by Crippen LogP contribution is 2.27. The fourth-order valence-corrected chi connectivity index (χ4v) is 4.33. The third-order valence-corrected chi connectivity index (χ3v) is 6.81. The van der Waals surface area contributed by atoms with E-state index in [2.05, 4.69) is 21.2 Å². The van der Waals surface area contributed by atoms with Crippen LogP contribution in [0.5, 0.6) is 0 Å². The van der Waals surface area contributed by atoms with Crippen LogP contribution in [-0.2, 0) is 14.3 Å². The summed E-state index contributed by atoms with van der Waals surface area (Å²) < 4.78 is 11.6. The van der Waals surface area contributed by atoms with Crippen molar-refractivity contribution in [3.8, 4) is 0 Å². The second-order valence-electron chi connectivity index (χ2n) is 8.09. The minimum Gasteiger partial charge on any atom is -0.452 e. The minimum absolute atomic E-state index is 0.0948. The Hall–Kier alpha value is -3.04. The molecule has 172 valence electrons. The number of hydrogen-bond donors (Lipinski definition) is 1. The van der Waals surface area contributed by atoms with Gasteiger partial charge in [0.1, 0.15) is 0 Å². The zero-order valence-corrected chi connectivity index (χ0v) is 19.9. The summed E-state index contributed by atoms with van der Waals surface area (Å²) >= 11 is 3.44. The van der Waals surface area contributed by atoms with Crippen LogP contribution in [0, 0.1) is 13.8 Å². The van der Waals surface area contributed by atoms with Gasteiger partial charge >= 0.3 is 5.97 Å². The van der Waals surface area contributed by atoms with Gasteiger partial charge in [-0.15, -0.1) is 0 Å². The monoisotopic (exact) mass is 514 g/mol. The lowest BCUT2D eigenvalue weighted by molar-refractivity contribution is -0.119. The van der Waals surface area contributed by atoms with Crippen molar-refractivity contribution >= 4 is 45.3 Å². The van der Waals surface area contributed by atoms with Crippen LogP contribution in [0.25, 0.3) is 0 Å². The Morgan fingerprint density at radius 2 is 1.88 bits per heavy atom. The van der Waals surface area contributed by atoms with Crippen LogP contribution in [-0.4, -0.2) is 54.5 Å². The maximum absolute atomic E-state index is 12.8. The molecule has 2 heterocycles. The molecule has 3 amide bonds. The van der Waals surface area contributed by atoms with E-state index in [0.29, 0.717) is 12.3 Å². The van der Waals surface area contributed by atoms with Crippen LogP contribution in [0.2, 0.25) is 0 Å². The molecule has 0 unspecified atom stereocenters. The first kappa shape index (κ1) is 23.1. The van der Waals surface area contributed by atoms with E-state index in [-0.39, 0.29) is 29.3 Å². The van der Waals surface area contributed by atoms with Gasteiger partial charge in [0.2, 0.25) is 0 Å². The van der Waals surface area contributed by atoms with Crippen molar-refractivity contribution in [1.29, 1.82) is 0 Å². The number of ether oxygens (including phenoxy) is 2. The Morgan fingerprint density at radius 3 is 2.61 bits per heavy atom. The predicted octanol–water partition coefficient (Wildman–Crippen LogP) is 3.64. The number of nitrogens with one attached hydrogen (secondary N) is 1. The van der Waals surface area contributed by atoms with Crippen molar-refractivity contribution in [3.05, 3.63) is 62.6 Å². The molecule has 9 heteroatoms. The zero-order chi connectivity index (χ0) is 23.7. The molecule has 1 atom stereocenters. The van der Waals surface area contributed by atoms with Gasteiger partial charge in [-0.2, -0.15) is 0 Å². The Kier molecular flexibility index (Phi) is 6.62. The molecule has 8 nitrogen and oxygen atoms in total. The molecule has 0 spiro atoms. The maximum Gasteiger partial charge on any atom is 0.338 e. The second kappa shape index (κ2) is 9.44. The van der Waals surface area contributed by atoms with Crippen molar-refractivity contribution in [3.63, 3.8) is 0 Å². The fourth-order valence-electron chi connectivity index (χ4n) is 3.90. The highest BCUT2D eigenvalue weighted by molar-refractivity contribution is 9.10. The molecular formula is C24H23BrN2O6. The molecular weight excluding hydrogens is 492 g/mol. The number of halogens is 1. The van der Waals surface area contributed by atoms with Crippen LogP contribution < -0.4 is 5.32 Å². The number of nitrogens with zero attached hydrogens (tertiary/aromatic N) is 1. The van der Waals surface area contributed by atoms with Crippen molar-refractivity contribution in [2.75, 3.05) is 25.1 Å². The smallest absolute Gasteiger partial charge is 0.338 e. The first-order valence-corrected chi connectivity index (χ1v) is 11.4. The Morgan fingerprint density at radius 1 is 1.12 bits per heavy atom. The third kappa shape index (κ3) is 4.69. The van der Waals surface area contributed by atoms with E-state index in [0.717, 1.165) is 33.3 Å². The Balaban J connectivity index is 1.39. The lowest BCUT2D eigenvalue weighted by atomic mass is 10.1. The second-order valence-corrected chi connectivity index (χ2v) is 8.94. The Bertz CT molecular complexity index is 1160. The van der Waals surface area contributed by atoms with E-state index in [1.54, 1.807) is 6.07 Å². The maximum atomic E-state index is 12.8. The van der Waals surface area contributed by atoms with Crippen molar-refractivity contribution in [1.82, 2.24) is 4.90 Å². The zero-order valence-electron chi connectivity index (χ0n) is 18.3. The number of rotatable bonds is 6. The van der Waals surface area contributed by atoms with Gasteiger partial charge in [-0.3, -0.25) is 19.3 Å². The first-order valence-electron chi connectivity index (χ1n) is 10.6. The molecule has 0 saturated carbocycles. The van der Waals surface area contributed by atoms with E-state index in [1.807, 2.05) is 19.9 Å². The van der Waals surface area contributed by atoms with Gasteiger partial charge < -0.3 is 14.8 Å². The summed E-state index contributed by atoms with van der Waals surface area (Å²) in [5.41, 5.74) is 3.02. The van der Waals surface area contributed by atoms with Gasteiger partial charge in [-0.05, 0) is 68.1 Å². The number of benzene rings is 2. The molecule has 0 bridgehead atoms. The topological polar surface area (TPSA) is 102 Å². The molecule has 1 N–H and O–H groups in total. The van der Waals surface area contributed by atoms with Gasteiger partial charge in [0, 0.05) is 16.8 Å². The van der Waals surface area contributed by atoms with Crippen molar-refractivity contribution in [2.24, 2.45) is 0 Å². The molecule has 2 aromatic rings. The molecule has 0 radical (unpaired) electrons.